The summed E-state index contributed by atoms with van der Waals surface area (Å²) in [6.07, 6.45) is 5.40. The zero-order valence-electron chi connectivity index (χ0n) is 16.4. The number of para-hydroxylation sites is 3. The van der Waals surface area contributed by atoms with Crippen molar-refractivity contribution in [3.63, 3.8) is 0 Å². The van der Waals surface area contributed by atoms with Gasteiger partial charge < -0.3 is 15.0 Å². The lowest BCUT2D eigenvalue weighted by atomic mass is 10.2. The van der Waals surface area contributed by atoms with E-state index in [1.165, 1.54) is 25.7 Å². The SMILES string of the molecule is O=C(CCC(=O)N1CCOc2ccccc21)Nc1ccccc1SC1CCCC1. The number of amides is 2. The molecule has 0 aromatic heterocycles. The summed E-state index contributed by atoms with van der Waals surface area (Å²) in [4.78, 5) is 28.1. The number of ether oxygens (including phenoxy) is 1. The Bertz CT molecular complexity index is 880. The number of rotatable bonds is 6. The smallest absolute Gasteiger partial charge is 0.227 e. The van der Waals surface area contributed by atoms with Gasteiger partial charge in [-0.1, -0.05) is 37.1 Å². The lowest BCUT2D eigenvalue weighted by Crippen LogP contribution is -2.38. The summed E-state index contributed by atoms with van der Waals surface area (Å²) in [5.74, 6) is 0.540. The van der Waals surface area contributed by atoms with Gasteiger partial charge in [0.2, 0.25) is 11.8 Å². The van der Waals surface area contributed by atoms with E-state index >= 15 is 0 Å². The van der Waals surface area contributed by atoms with E-state index in [1.54, 1.807) is 4.90 Å². The number of hydrogen-bond acceptors (Lipinski definition) is 4. The second-order valence-electron chi connectivity index (χ2n) is 7.43. The van der Waals surface area contributed by atoms with E-state index in [2.05, 4.69) is 11.4 Å². The van der Waals surface area contributed by atoms with E-state index in [0.717, 1.165) is 22.0 Å². The van der Waals surface area contributed by atoms with E-state index in [-0.39, 0.29) is 24.7 Å². The molecule has 152 valence electrons. The highest BCUT2D eigenvalue weighted by molar-refractivity contribution is 8.00. The van der Waals surface area contributed by atoms with Crippen molar-refractivity contribution in [3.05, 3.63) is 48.5 Å². The average molecular weight is 411 g/mol. The quantitative estimate of drug-likeness (QED) is 0.738. The molecule has 1 N–H and O–H groups in total. The molecule has 2 aliphatic rings. The number of carbonyl (C=O) groups excluding carboxylic acids is 2. The van der Waals surface area contributed by atoms with Crippen molar-refractivity contribution < 1.29 is 14.3 Å². The Morgan fingerprint density at radius 3 is 2.66 bits per heavy atom. The van der Waals surface area contributed by atoms with Crippen LogP contribution in [0.15, 0.2) is 53.4 Å². The Morgan fingerprint density at radius 2 is 1.79 bits per heavy atom. The second-order valence-corrected chi connectivity index (χ2v) is 8.77. The molecule has 0 bridgehead atoms. The van der Waals surface area contributed by atoms with Crippen molar-refractivity contribution in [1.82, 2.24) is 0 Å². The number of fused-ring (bicyclic) bond motifs is 1. The third-order valence-corrected chi connectivity index (χ3v) is 6.77. The summed E-state index contributed by atoms with van der Waals surface area (Å²) in [6, 6.07) is 15.5. The summed E-state index contributed by atoms with van der Waals surface area (Å²) in [5.41, 5.74) is 1.63. The minimum Gasteiger partial charge on any atom is -0.490 e. The first-order chi connectivity index (χ1) is 14.2. The molecule has 1 fully saturated rings. The van der Waals surface area contributed by atoms with Crippen molar-refractivity contribution in [2.24, 2.45) is 0 Å². The van der Waals surface area contributed by atoms with Crippen LogP contribution in [-0.2, 0) is 9.59 Å². The Labute approximate surface area is 175 Å². The minimum absolute atomic E-state index is 0.0514. The lowest BCUT2D eigenvalue weighted by molar-refractivity contribution is -0.122. The van der Waals surface area contributed by atoms with E-state index in [9.17, 15) is 9.59 Å². The monoisotopic (exact) mass is 410 g/mol. The van der Waals surface area contributed by atoms with Gasteiger partial charge in [0, 0.05) is 23.0 Å². The maximum absolute atomic E-state index is 12.7. The number of anilines is 2. The van der Waals surface area contributed by atoms with Gasteiger partial charge in [0.15, 0.2) is 0 Å². The van der Waals surface area contributed by atoms with Crippen LogP contribution in [0.25, 0.3) is 0 Å². The van der Waals surface area contributed by atoms with Gasteiger partial charge in [-0.15, -0.1) is 11.8 Å². The number of benzene rings is 2. The Kier molecular flexibility index (Phi) is 6.39. The predicted molar refractivity (Wildman–Crippen MR) is 117 cm³/mol. The zero-order valence-corrected chi connectivity index (χ0v) is 17.2. The van der Waals surface area contributed by atoms with Gasteiger partial charge in [0.1, 0.15) is 12.4 Å². The fourth-order valence-corrected chi connectivity index (χ4v) is 5.19. The van der Waals surface area contributed by atoms with Gasteiger partial charge in [-0.05, 0) is 37.1 Å². The standard InChI is InChI=1S/C23H26N2O3S/c26-22(24-18-9-3-6-12-21(18)29-17-7-1-2-8-17)13-14-23(27)25-15-16-28-20-11-5-4-10-19(20)25/h3-6,9-12,17H,1-2,7-8,13-16H2,(H,24,26). The molecule has 2 aromatic carbocycles. The van der Waals surface area contributed by atoms with Crippen molar-refractivity contribution in [2.45, 2.75) is 48.7 Å². The molecule has 0 saturated heterocycles. The molecule has 0 atom stereocenters. The zero-order chi connectivity index (χ0) is 20.1. The van der Waals surface area contributed by atoms with Crippen LogP contribution in [0, 0.1) is 0 Å². The largest absolute Gasteiger partial charge is 0.490 e. The van der Waals surface area contributed by atoms with Gasteiger partial charge in [-0.25, -0.2) is 0 Å². The highest BCUT2D eigenvalue weighted by Crippen LogP contribution is 2.38. The fourth-order valence-electron chi connectivity index (χ4n) is 3.86. The normalized spacial score (nSPS) is 16.2. The second kappa shape index (κ2) is 9.35. The van der Waals surface area contributed by atoms with Crippen molar-refractivity contribution >= 4 is 35.0 Å². The Hall–Kier alpha value is -2.47. The van der Waals surface area contributed by atoms with Gasteiger partial charge in [-0.2, -0.15) is 0 Å². The summed E-state index contributed by atoms with van der Waals surface area (Å²) in [5, 5.41) is 3.64. The van der Waals surface area contributed by atoms with Gasteiger partial charge >= 0.3 is 0 Å². The van der Waals surface area contributed by atoms with E-state index in [4.69, 9.17) is 4.74 Å². The molecule has 1 heterocycles. The average Bonchev–Trinajstić information content (AvgIpc) is 3.26. The molecule has 2 amide bonds. The fraction of sp³-hybridized carbons (Fsp3) is 0.391. The summed E-state index contributed by atoms with van der Waals surface area (Å²) in [6.45, 7) is 0.985. The summed E-state index contributed by atoms with van der Waals surface area (Å²) < 4.78 is 5.60. The highest BCUT2D eigenvalue weighted by Gasteiger charge is 2.24. The van der Waals surface area contributed by atoms with Crippen molar-refractivity contribution in [3.8, 4) is 5.75 Å². The van der Waals surface area contributed by atoms with Crippen molar-refractivity contribution in [1.29, 1.82) is 0 Å². The first-order valence-electron chi connectivity index (χ1n) is 10.3. The molecule has 1 aliphatic heterocycles. The number of nitrogens with one attached hydrogen (secondary N) is 1. The van der Waals surface area contributed by atoms with Crippen LogP contribution in [0.5, 0.6) is 5.75 Å². The molecule has 1 saturated carbocycles. The molecule has 0 spiro atoms. The maximum Gasteiger partial charge on any atom is 0.227 e. The summed E-state index contributed by atoms with van der Waals surface area (Å²) >= 11 is 1.86. The van der Waals surface area contributed by atoms with Crippen LogP contribution < -0.4 is 15.0 Å². The van der Waals surface area contributed by atoms with Crippen LogP contribution in [0.3, 0.4) is 0 Å². The van der Waals surface area contributed by atoms with Crippen LogP contribution in [0.4, 0.5) is 11.4 Å². The van der Waals surface area contributed by atoms with Crippen LogP contribution >= 0.6 is 11.8 Å². The number of thioether (sulfide) groups is 1. The summed E-state index contributed by atoms with van der Waals surface area (Å²) in [7, 11) is 0. The Balaban J connectivity index is 1.33. The predicted octanol–water partition coefficient (Wildman–Crippen LogP) is 4.87. The van der Waals surface area contributed by atoms with Crippen LogP contribution in [0.1, 0.15) is 38.5 Å². The molecule has 29 heavy (non-hydrogen) atoms. The molecule has 0 radical (unpaired) electrons. The molecule has 1 aliphatic carbocycles. The first-order valence-corrected chi connectivity index (χ1v) is 11.2. The number of carbonyl (C=O) groups is 2. The molecular formula is C23H26N2O3S. The molecule has 6 heteroatoms. The van der Waals surface area contributed by atoms with E-state index in [1.807, 2.05) is 54.2 Å². The van der Waals surface area contributed by atoms with Gasteiger partial charge in [0.05, 0.1) is 17.9 Å². The van der Waals surface area contributed by atoms with Gasteiger partial charge in [-0.3, -0.25) is 9.59 Å². The molecule has 5 nitrogen and oxygen atoms in total. The van der Waals surface area contributed by atoms with Gasteiger partial charge in [0.25, 0.3) is 0 Å². The topological polar surface area (TPSA) is 58.6 Å². The minimum atomic E-state index is -0.126. The third kappa shape index (κ3) is 4.93. The van der Waals surface area contributed by atoms with Crippen LogP contribution in [-0.4, -0.2) is 30.2 Å². The molecule has 0 unspecified atom stereocenters. The third-order valence-electron chi connectivity index (χ3n) is 5.35. The molecule has 4 rings (SSSR count). The number of nitrogens with zero attached hydrogens (tertiary/aromatic N) is 1. The molecule has 2 aromatic rings. The Morgan fingerprint density at radius 1 is 1.03 bits per heavy atom. The van der Waals surface area contributed by atoms with Crippen LogP contribution in [0.2, 0.25) is 0 Å². The molecular weight excluding hydrogens is 384 g/mol. The highest BCUT2D eigenvalue weighted by atomic mass is 32.2. The van der Waals surface area contributed by atoms with E-state index < -0.39 is 0 Å². The number of hydrogen-bond donors (Lipinski definition) is 1. The first kappa shape index (κ1) is 19.8. The maximum atomic E-state index is 12.7. The van der Waals surface area contributed by atoms with Crippen molar-refractivity contribution in [2.75, 3.05) is 23.4 Å². The van der Waals surface area contributed by atoms with E-state index in [0.29, 0.717) is 18.4 Å². The lowest BCUT2D eigenvalue weighted by Gasteiger charge is -2.29.